The highest BCUT2D eigenvalue weighted by Crippen LogP contribution is 2.63. The number of likely N-dealkylation sites (tertiary alicyclic amines) is 1. The third-order valence-electron chi connectivity index (χ3n) is 9.10. The van der Waals surface area contributed by atoms with Gasteiger partial charge in [0.1, 0.15) is 5.82 Å². The number of fused-ring (bicyclic) bond motifs is 4. The molecule has 0 unspecified atom stereocenters. The van der Waals surface area contributed by atoms with Crippen molar-refractivity contribution in [1.29, 1.82) is 0 Å². The predicted octanol–water partition coefficient (Wildman–Crippen LogP) is 4.32. The first-order chi connectivity index (χ1) is 19.4. The molecule has 212 valence electrons. The summed E-state index contributed by atoms with van der Waals surface area (Å²) in [7, 11) is 1.05. The van der Waals surface area contributed by atoms with Gasteiger partial charge in [0.25, 0.3) is 0 Å². The molecule has 2 aliphatic heterocycles. The Bertz CT molecular complexity index is 1610. The molecule has 0 aromatic heterocycles. The van der Waals surface area contributed by atoms with Gasteiger partial charge < -0.3 is 9.84 Å². The molecule has 4 aliphatic rings. The Morgan fingerprint density at radius 3 is 2.41 bits per heavy atom. The second-order valence-electron chi connectivity index (χ2n) is 11.0. The number of phenolic OH excluding ortho intramolecular Hbond substituents is 1. The van der Waals surface area contributed by atoms with Crippen molar-refractivity contribution in [3.05, 3.63) is 70.3 Å². The van der Waals surface area contributed by atoms with Crippen molar-refractivity contribution >= 4 is 47.0 Å². The van der Waals surface area contributed by atoms with Crippen LogP contribution in [0.25, 0.3) is 0 Å². The Hall–Kier alpha value is -4.12. The van der Waals surface area contributed by atoms with Gasteiger partial charge in [-0.25, -0.2) is 18.5 Å². The summed E-state index contributed by atoms with van der Waals surface area (Å²) in [6.07, 6.45) is 0.681. The third-order valence-corrected chi connectivity index (χ3v) is 9.39. The summed E-state index contributed by atoms with van der Waals surface area (Å²) in [5.74, 6) is -9.60. The number of allylic oxidation sites excluding steroid dienone is 2. The number of carbonyl (C=O) groups excluding carboxylic acids is 5. The van der Waals surface area contributed by atoms with E-state index in [1.807, 2.05) is 0 Å². The molecular weight excluding hydrogens is 562 g/mol. The molecule has 0 spiro atoms. The van der Waals surface area contributed by atoms with Gasteiger partial charge in [-0.1, -0.05) is 29.3 Å². The summed E-state index contributed by atoms with van der Waals surface area (Å²) in [6.45, 7) is 1.59. The molecule has 0 bridgehead atoms. The molecule has 5 amide bonds. The quantitative estimate of drug-likeness (QED) is 0.412. The number of ether oxygens (including phenoxy) is 1. The maximum atomic E-state index is 14.7. The average molecular weight is 585 g/mol. The van der Waals surface area contributed by atoms with Gasteiger partial charge in [0.2, 0.25) is 23.6 Å². The zero-order valence-electron chi connectivity index (χ0n) is 21.8. The first-order valence-corrected chi connectivity index (χ1v) is 13.3. The Morgan fingerprint density at radius 1 is 1.02 bits per heavy atom. The number of nitrogens with zero attached hydrogens (tertiary/aromatic N) is 2. The number of hydrogen-bond donors (Lipinski definition) is 1. The van der Waals surface area contributed by atoms with Gasteiger partial charge in [0, 0.05) is 5.92 Å². The normalized spacial score (nSPS) is 30.7. The van der Waals surface area contributed by atoms with Gasteiger partial charge in [-0.05, 0) is 61.6 Å². The molecule has 1 N–H and O–H groups in total. The van der Waals surface area contributed by atoms with Crippen molar-refractivity contribution in [2.75, 3.05) is 12.0 Å². The number of rotatable bonds is 2. The maximum absolute atomic E-state index is 14.7. The van der Waals surface area contributed by atoms with Gasteiger partial charge in [-0.2, -0.15) is 4.90 Å². The molecule has 6 rings (SSSR count). The molecule has 0 radical (unpaired) electrons. The summed E-state index contributed by atoms with van der Waals surface area (Å²) in [5.41, 5.74) is -0.590. The Balaban J connectivity index is 1.52. The van der Waals surface area contributed by atoms with Crippen LogP contribution in [0.2, 0.25) is 5.02 Å². The van der Waals surface area contributed by atoms with Crippen molar-refractivity contribution in [2.24, 2.45) is 29.1 Å². The summed E-state index contributed by atoms with van der Waals surface area (Å²) >= 11 is 5.96. The van der Waals surface area contributed by atoms with E-state index in [1.165, 1.54) is 18.2 Å². The molecule has 9 nitrogen and oxygen atoms in total. The highest BCUT2D eigenvalue weighted by atomic mass is 35.5. The van der Waals surface area contributed by atoms with E-state index in [4.69, 9.17) is 11.6 Å². The zero-order chi connectivity index (χ0) is 29.5. The third kappa shape index (κ3) is 3.61. The summed E-state index contributed by atoms with van der Waals surface area (Å²) in [6, 6.07) is 7.11. The van der Waals surface area contributed by atoms with Gasteiger partial charge in [0.05, 0.1) is 41.0 Å². The van der Waals surface area contributed by atoms with Crippen LogP contribution in [0.3, 0.4) is 0 Å². The van der Waals surface area contributed by atoms with Crippen LogP contribution in [-0.2, 0) is 23.9 Å². The number of carbonyl (C=O) groups is 5. The number of phenols is 1. The fraction of sp³-hybridized carbons (Fsp3) is 0.345. The van der Waals surface area contributed by atoms with E-state index in [0.717, 1.165) is 30.2 Å². The molecular formula is C29H23ClF2N2O7. The Morgan fingerprint density at radius 2 is 1.76 bits per heavy atom. The highest BCUT2D eigenvalue weighted by Gasteiger charge is 2.68. The van der Waals surface area contributed by atoms with Crippen LogP contribution in [0.1, 0.15) is 31.2 Å². The molecule has 1 saturated carbocycles. The van der Waals surface area contributed by atoms with E-state index in [1.54, 1.807) is 13.0 Å². The molecule has 2 aromatic carbocycles. The summed E-state index contributed by atoms with van der Waals surface area (Å²) < 4.78 is 33.3. The van der Waals surface area contributed by atoms with Crippen LogP contribution in [0.4, 0.5) is 19.3 Å². The van der Waals surface area contributed by atoms with Crippen LogP contribution < -0.4 is 4.90 Å². The Labute approximate surface area is 237 Å². The summed E-state index contributed by atoms with van der Waals surface area (Å²) in [4.78, 5) is 68.5. The Kier molecular flexibility index (Phi) is 6.07. The van der Waals surface area contributed by atoms with Crippen molar-refractivity contribution < 1.29 is 42.6 Å². The number of benzene rings is 2. The maximum Gasteiger partial charge on any atom is 0.423 e. The molecule has 2 saturated heterocycles. The largest absolute Gasteiger partial charge is 0.505 e. The average Bonchev–Trinajstić information content (AvgIpc) is 3.31. The second kappa shape index (κ2) is 9.20. The van der Waals surface area contributed by atoms with E-state index in [-0.39, 0.29) is 29.1 Å². The van der Waals surface area contributed by atoms with Gasteiger partial charge in [0.15, 0.2) is 11.6 Å². The fourth-order valence-corrected chi connectivity index (χ4v) is 7.41. The van der Waals surface area contributed by atoms with Gasteiger partial charge >= 0.3 is 6.09 Å². The van der Waals surface area contributed by atoms with Crippen molar-refractivity contribution in [3.63, 3.8) is 0 Å². The van der Waals surface area contributed by atoms with Crippen LogP contribution >= 0.6 is 11.6 Å². The lowest BCUT2D eigenvalue weighted by atomic mass is 9.51. The van der Waals surface area contributed by atoms with Crippen LogP contribution in [-0.4, -0.2) is 46.8 Å². The number of anilines is 1. The lowest BCUT2D eigenvalue weighted by Gasteiger charge is -2.49. The summed E-state index contributed by atoms with van der Waals surface area (Å²) in [5, 5.41) is 9.56. The van der Waals surface area contributed by atoms with Crippen molar-refractivity contribution in [2.45, 2.75) is 25.7 Å². The highest BCUT2D eigenvalue weighted by molar-refractivity contribution is 6.31. The van der Waals surface area contributed by atoms with E-state index in [9.17, 15) is 37.9 Å². The van der Waals surface area contributed by atoms with Gasteiger partial charge in [-0.3, -0.25) is 19.2 Å². The molecule has 12 heteroatoms. The van der Waals surface area contributed by atoms with E-state index >= 15 is 0 Å². The smallest absolute Gasteiger partial charge is 0.423 e. The minimum atomic E-state index is -1.48. The van der Waals surface area contributed by atoms with Crippen LogP contribution in [0.15, 0.2) is 48.0 Å². The molecule has 2 aromatic rings. The number of amides is 5. The van der Waals surface area contributed by atoms with Crippen molar-refractivity contribution in [1.82, 2.24) is 4.90 Å². The van der Waals surface area contributed by atoms with E-state index in [2.05, 4.69) is 4.74 Å². The lowest BCUT2D eigenvalue weighted by Crippen LogP contribution is -2.49. The standard InChI is InChI=1S/C29H23ClF2N2O7/c1-29-17(25(37)33(27(29)39)13-4-7-19(31)18(30)10-13)11-16-14(23(29)12-3-8-21(35)20(32)9-12)5-6-15-22(16)26(38)34(24(15)36)28(40)41-2/h3-5,7-10,15-17,22-23,35H,6,11H2,1-2H3/t15-,16+,17-,22-,23-,29+/m0/s1. The molecule has 2 heterocycles. The topological polar surface area (TPSA) is 121 Å². The lowest BCUT2D eigenvalue weighted by molar-refractivity contribution is -0.138. The van der Waals surface area contributed by atoms with Crippen LogP contribution in [0.5, 0.6) is 5.75 Å². The first-order valence-electron chi connectivity index (χ1n) is 12.9. The van der Waals surface area contributed by atoms with Crippen LogP contribution in [0, 0.1) is 40.7 Å². The second-order valence-corrected chi connectivity index (χ2v) is 11.4. The monoisotopic (exact) mass is 584 g/mol. The van der Waals surface area contributed by atoms with Gasteiger partial charge in [-0.15, -0.1) is 0 Å². The van der Waals surface area contributed by atoms with Crippen molar-refractivity contribution in [3.8, 4) is 5.75 Å². The zero-order valence-corrected chi connectivity index (χ0v) is 22.5. The minimum Gasteiger partial charge on any atom is -0.505 e. The predicted molar refractivity (Wildman–Crippen MR) is 138 cm³/mol. The van der Waals surface area contributed by atoms with E-state index < -0.39 is 82.1 Å². The molecule has 3 fully saturated rings. The number of aromatic hydroxyl groups is 1. The number of imide groups is 4. The molecule has 41 heavy (non-hydrogen) atoms. The minimum absolute atomic E-state index is 0.00933. The fourth-order valence-electron chi connectivity index (χ4n) is 7.24. The number of hydrogen-bond acceptors (Lipinski definition) is 7. The number of methoxy groups -OCH3 is 1. The molecule has 6 atom stereocenters. The van der Waals surface area contributed by atoms with E-state index in [0.29, 0.717) is 10.5 Å². The molecule has 2 aliphatic carbocycles. The first kappa shape index (κ1) is 27.1. The SMILES string of the molecule is COC(=O)N1C(=O)[C@H]2[C@H](CC=C3[C@H]2C[C@H]2C(=O)N(c4ccc(F)c(Cl)c4)C(=O)[C@@]2(C)[C@H]3c2ccc(O)c(F)c2)C1=O. The number of halogens is 3.